The lowest BCUT2D eigenvalue weighted by molar-refractivity contribution is 0.00112. The van der Waals surface area contributed by atoms with Crippen LogP contribution in [0.4, 0.5) is 8.78 Å². The first-order chi connectivity index (χ1) is 4.67. The number of hydrogen-bond donors (Lipinski definition) is 1. The number of hydrogen-bond acceptors (Lipinski definition) is 1. The molecule has 1 saturated carbocycles. The number of nitrogens with one attached hydrogen (secondary N) is 1. The minimum absolute atomic E-state index is 0. The van der Waals surface area contributed by atoms with Crippen LogP contribution in [0.25, 0.3) is 0 Å². The zero-order valence-corrected chi connectivity index (χ0v) is 6.96. The van der Waals surface area contributed by atoms with Crippen LogP contribution in [-0.2, 0) is 0 Å². The molecule has 1 aliphatic heterocycles. The van der Waals surface area contributed by atoms with E-state index in [4.69, 9.17) is 0 Å². The van der Waals surface area contributed by atoms with Gasteiger partial charge in [0.2, 0.25) is 5.92 Å². The lowest BCUT2D eigenvalue weighted by atomic mass is 10.0. The normalized spacial score (nSPS) is 39.8. The van der Waals surface area contributed by atoms with Gasteiger partial charge in [-0.05, 0) is 24.9 Å². The maximum Gasteiger partial charge on any atom is 0.248 e. The van der Waals surface area contributed by atoms with Gasteiger partial charge in [-0.2, -0.15) is 0 Å². The van der Waals surface area contributed by atoms with E-state index in [1.165, 1.54) is 0 Å². The van der Waals surface area contributed by atoms with Crippen molar-refractivity contribution in [2.45, 2.75) is 18.8 Å². The quantitative estimate of drug-likeness (QED) is 0.603. The van der Waals surface area contributed by atoms with Crippen molar-refractivity contribution in [2.75, 3.05) is 13.1 Å². The second kappa shape index (κ2) is 2.87. The summed E-state index contributed by atoms with van der Waals surface area (Å²) in [6.07, 6.45) is 0.231. The molecular formula is C7H12ClF2N. The number of rotatable bonds is 0. The lowest BCUT2D eigenvalue weighted by Crippen LogP contribution is -2.17. The summed E-state index contributed by atoms with van der Waals surface area (Å²) in [4.78, 5) is 0. The fraction of sp³-hybridized carbons (Fsp3) is 1.00. The van der Waals surface area contributed by atoms with Gasteiger partial charge in [-0.15, -0.1) is 12.4 Å². The van der Waals surface area contributed by atoms with Gasteiger partial charge in [0, 0.05) is 12.8 Å². The van der Waals surface area contributed by atoms with Crippen LogP contribution in [-0.4, -0.2) is 19.0 Å². The molecule has 0 amide bonds. The van der Waals surface area contributed by atoms with Gasteiger partial charge >= 0.3 is 0 Å². The fourth-order valence-electron chi connectivity index (χ4n) is 2.12. The molecule has 0 aromatic rings. The Bertz CT molecular complexity index is 137. The van der Waals surface area contributed by atoms with Crippen molar-refractivity contribution in [2.24, 2.45) is 11.8 Å². The highest BCUT2D eigenvalue weighted by Gasteiger charge is 2.47. The molecule has 0 radical (unpaired) electrons. The molecule has 1 unspecified atom stereocenters. The molecular weight excluding hydrogens is 172 g/mol. The highest BCUT2D eigenvalue weighted by molar-refractivity contribution is 5.85. The number of halogens is 3. The number of alkyl halides is 2. The van der Waals surface area contributed by atoms with Crippen LogP contribution in [0.3, 0.4) is 0 Å². The summed E-state index contributed by atoms with van der Waals surface area (Å²) in [5.74, 6) is -1.83. The SMILES string of the molecule is Cl.FC1(F)CC2CNC[C@H]2C1. The predicted molar refractivity (Wildman–Crippen MR) is 41.3 cm³/mol. The van der Waals surface area contributed by atoms with Gasteiger partial charge in [-0.25, -0.2) is 8.78 Å². The van der Waals surface area contributed by atoms with E-state index in [1.54, 1.807) is 0 Å². The summed E-state index contributed by atoms with van der Waals surface area (Å²) in [5.41, 5.74) is 0. The van der Waals surface area contributed by atoms with Crippen LogP contribution < -0.4 is 5.32 Å². The fourth-order valence-corrected chi connectivity index (χ4v) is 2.12. The van der Waals surface area contributed by atoms with Crippen molar-refractivity contribution in [1.29, 1.82) is 0 Å². The molecule has 2 rings (SSSR count). The van der Waals surface area contributed by atoms with E-state index in [9.17, 15) is 8.78 Å². The van der Waals surface area contributed by atoms with Crippen molar-refractivity contribution < 1.29 is 8.78 Å². The molecule has 0 aromatic heterocycles. The van der Waals surface area contributed by atoms with E-state index in [1.807, 2.05) is 0 Å². The minimum Gasteiger partial charge on any atom is -0.316 e. The first-order valence-electron chi connectivity index (χ1n) is 3.76. The first-order valence-corrected chi connectivity index (χ1v) is 3.76. The molecule has 2 fully saturated rings. The molecule has 0 bridgehead atoms. The molecule has 1 N–H and O–H groups in total. The standard InChI is InChI=1S/C7H11F2N.ClH/c8-7(9)1-5-3-10-4-6(5)2-7;/h5-6,10H,1-4H2;1H/t5-,6?;/m1./s1. The van der Waals surface area contributed by atoms with Crippen molar-refractivity contribution in [3.05, 3.63) is 0 Å². The molecule has 1 aliphatic carbocycles. The van der Waals surface area contributed by atoms with Gasteiger partial charge in [-0.3, -0.25) is 0 Å². The molecule has 1 heterocycles. The third-order valence-corrected chi connectivity index (χ3v) is 2.60. The predicted octanol–water partition coefficient (Wildman–Crippen LogP) is 1.67. The summed E-state index contributed by atoms with van der Waals surface area (Å²) in [6.45, 7) is 1.61. The molecule has 2 aliphatic rings. The second-order valence-electron chi connectivity index (χ2n) is 3.44. The van der Waals surface area contributed by atoms with E-state index >= 15 is 0 Å². The van der Waals surface area contributed by atoms with Crippen molar-refractivity contribution in [3.63, 3.8) is 0 Å². The smallest absolute Gasteiger partial charge is 0.248 e. The monoisotopic (exact) mass is 183 g/mol. The summed E-state index contributed by atoms with van der Waals surface area (Å²) in [7, 11) is 0. The molecule has 1 saturated heterocycles. The molecule has 1 nitrogen and oxygen atoms in total. The summed E-state index contributed by atoms with van der Waals surface area (Å²) >= 11 is 0. The van der Waals surface area contributed by atoms with Gasteiger partial charge in [0.1, 0.15) is 0 Å². The van der Waals surface area contributed by atoms with Crippen LogP contribution in [0.2, 0.25) is 0 Å². The second-order valence-corrected chi connectivity index (χ2v) is 3.44. The topological polar surface area (TPSA) is 12.0 Å². The van der Waals surface area contributed by atoms with Crippen LogP contribution in [0, 0.1) is 11.8 Å². The minimum atomic E-state index is -2.35. The maximum absolute atomic E-state index is 12.6. The van der Waals surface area contributed by atoms with E-state index in [-0.39, 0.29) is 37.1 Å². The third-order valence-electron chi connectivity index (χ3n) is 2.60. The van der Waals surface area contributed by atoms with Crippen LogP contribution in [0.5, 0.6) is 0 Å². The molecule has 0 spiro atoms. The Morgan fingerprint density at radius 2 is 1.55 bits per heavy atom. The van der Waals surface area contributed by atoms with Crippen LogP contribution >= 0.6 is 12.4 Å². The Hall–Kier alpha value is 0.110. The summed E-state index contributed by atoms with van der Waals surface area (Å²) in [6, 6.07) is 0. The van der Waals surface area contributed by atoms with Gasteiger partial charge in [0.05, 0.1) is 0 Å². The Morgan fingerprint density at radius 3 is 2.00 bits per heavy atom. The molecule has 66 valence electrons. The average molecular weight is 184 g/mol. The number of fused-ring (bicyclic) bond motifs is 1. The molecule has 11 heavy (non-hydrogen) atoms. The van der Waals surface area contributed by atoms with E-state index < -0.39 is 5.92 Å². The Kier molecular flexibility index (Phi) is 2.40. The van der Waals surface area contributed by atoms with Crippen molar-refractivity contribution >= 4 is 12.4 Å². The zero-order valence-electron chi connectivity index (χ0n) is 6.15. The van der Waals surface area contributed by atoms with Crippen LogP contribution in [0.1, 0.15) is 12.8 Å². The molecule has 4 heteroatoms. The largest absolute Gasteiger partial charge is 0.316 e. The van der Waals surface area contributed by atoms with Gasteiger partial charge in [0.15, 0.2) is 0 Å². The summed E-state index contributed by atoms with van der Waals surface area (Å²) < 4.78 is 25.3. The Balaban J connectivity index is 0.000000605. The molecule has 2 atom stereocenters. The highest BCUT2D eigenvalue weighted by atomic mass is 35.5. The average Bonchev–Trinajstić information content (AvgIpc) is 2.20. The van der Waals surface area contributed by atoms with Crippen molar-refractivity contribution in [1.82, 2.24) is 5.32 Å². The lowest BCUT2D eigenvalue weighted by Gasteiger charge is -2.08. The van der Waals surface area contributed by atoms with E-state index in [0.717, 1.165) is 13.1 Å². The van der Waals surface area contributed by atoms with Crippen LogP contribution in [0.15, 0.2) is 0 Å². The van der Waals surface area contributed by atoms with Gasteiger partial charge in [-0.1, -0.05) is 0 Å². The first kappa shape index (κ1) is 9.20. The zero-order chi connectivity index (χ0) is 7.19. The van der Waals surface area contributed by atoms with E-state index in [2.05, 4.69) is 5.32 Å². The maximum atomic E-state index is 12.6. The Morgan fingerprint density at radius 1 is 1.09 bits per heavy atom. The Labute approximate surface area is 71.0 Å². The highest BCUT2D eigenvalue weighted by Crippen LogP contribution is 2.44. The van der Waals surface area contributed by atoms with E-state index in [0.29, 0.717) is 0 Å². The molecule has 0 aromatic carbocycles. The third kappa shape index (κ3) is 1.64. The summed E-state index contributed by atoms with van der Waals surface area (Å²) in [5, 5.41) is 3.13. The van der Waals surface area contributed by atoms with Gasteiger partial charge in [0.25, 0.3) is 0 Å². The van der Waals surface area contributed by atoms with Crippen molar-refractivity contribution in [3.8, 4) is 0 Å². The van der Waals surface area contributed by atoms with Gasteiger partial charge < -0.3 is 5.32 Å².